The van der Waals surface area contributed by atoms with Crippen LogP contribution in [0.2, 0.25) is 0 Å². The maximum atomic E-state index is 6.46. The van der Waals surface area contributed by atoms with Gasteiger partial charge in [-0.3, -0.25) is 9.98 Å². The lowest BCUT2D eigenvalue weighted by Crippen LogP contribution is -2.45. The number of hydrogen-bond donors (Lipinski definition) is 0. The molecule has 10 heteroatoms. The Hall–Kier alpha value is -9.64. The van der Waals surface area contributed by atoms with Crippen LogP contribution in [-0.4, -0.2) is 44.1 Å². The van der Waals surface area contributed by atoms with E-state index in [1.165, 1.54) is 5.57 Å². The van der Waals surface area contributed by atoms with Crippen LogP contribution in [0.1, 0.15) is 28.8 Å². The quantitative estimate of drug-likeness (QED) is 0.164. The van der Waals surface area contributed by atoms with E-state index in [0.29, 0.717) is 0 Å². The van der Waals surface area contributed by atoms with E-state index in [4.69, 9.17) is 29.4 Å². The van der Waals surface area contributed by atoms with E-state index in [0.717, 1.165) is 118 Å². The number of benzene rings is 8. The number of allylic oxidation sites excluding steroid dienone is 2. The maximum Gasteiger partial charge on any atom is 0.161 e. The average molecular weight is 955 g/mol. The predicted molar refractivity (Wildman–Crippen MR) is 294 cm³/mol. The van der Waals surface area contributed by atoms with Gasteiger partial charge in [0.2, 0.25) is 0 Å². The number of anilines is 6. The van der Waals surface area contributed by atoms with Crippen LogP contribution in [0.25, 0.3) is 38.9 Å². The highest BCUT2D eigenvalue weighted by molar-refractivity contribution is 6.17. The summed E-state index contributed by atoms with van der Waals surface area (Å²) in [4.78, 5) is 28.6. The molecular formula is C64H42N8O2. The number of rotatable bonds is 6. The molecule has 0 radical (unpaired) electrons. The summed E-state index contributed by atoms with van der Waals surface area (Å²) in [6.07, 6.45) is 11.6. The van der Waals surface area contributed by atoms with Gasteiger partial charge in [-0.1, -0.05) is 140 Å². The second kappa shape index (κ2) is 15.9. The molecular weight excluding hydrogens is 913 g/mol. The third-order valence-corrected chi connectivity index (χ3v) is 15.4. The van der Waals surface area contributed by atoms with E-state index in [9.17, 15) is 0 Å². The Labute approximate surface area is 426 Å². The zero-order chi connectivity index (χ0) is 48.4. The molecule has 350 valence electrons. The molecule has 2 aromatic heterocycles. The molecule has 0 amide bonds. The van der Waals surface area contributed by atoms with Gasteiger partial charge in [-0.25, -0.2) is 14.9 Å². The lowest BCUT2D eigenvalue weighted by atomic mass is 9.85. The summed E-state index contributed by atoms with van der Waals surface area (Å²) in [5.74, 6) is 2.95. The Kier molecular flexibility index (Phi) is 8.83. The van der Waals surface area contributed by atoms with Gasteiger partial charge in [-0.05, 0) is 95.1 Å². The van der Waals surface area contributed by atoms with Crippen molar-refractivity contribution in [1.82, 2.24) is 19.4 Å². The van der Waals surface area contributed by atoms with Crippen molar-refractivity contribution in [3.8, 4) is 34.3 Å². The fourth-order valence-corrected chi connectivity index (χ4v) is 12.3. The number of fused-ring (bicyclic) bond motifs is 10. The van der Waals surface area contributed by atoms with Crippen LogP contribution in [0.4, 0.5) is 34.1 Å². The molecule has 3 atom stereocenters. The largest absolute Gasteiger partial charge is 0.453 e. The number of aliphatic imine (C=N–C) groups is 2. The Morgan fingerprint density at radius 1 is 0.541 bits per heavy atom. The summed E-state index contributed by atoms with van der Waals surface area (Å²) in [7, 11) is 0. The standard InChI is InChI=1S/C64H42N8O2/c1-2-14-39(15-3-1)48-38-67-63-59(68-48)47-19-13-17-45-44-16-12-18-46-58-62(66-37-36-65-58)71(60(44)46)64(72(63)61(45)47)57(40-28-32-42(33-29-40)69-49-20-4-8-24-53(49)73-54-25-9-5-21-50(54)69)41-30-34-43(35-31-41)70-51-22-6-10-26-55(51)74-56-27-11-7-23-52(56)70/h1-38,57,60,62,64H. The number of hydrogen-bond acceptors (Lipinski definition) is 9. The minimum Gasteiger partial charge on any atom is -0.453 e. The highest BCUT2D eigenvalue weighted by Gasteiger charge is 2.52. The molecule has 1 aliphatic carbocycles. The average Bonchev–Trinajstić information content (AvgIpc) is 3.94. The monoisotopic (exact) mass is 954 g/mol. The third kappa shape index (κ3) is 5.97. The first-order chi connectivity index (χ1) is 36.7. The van der Waals surface area contributed by atoms with Gasteiger partial charge in [0.15, 0.2) is 28.6 Å². The van der Waals surface area contributed by atoms with E-state index < -0.39 is 6.17 Å². The first kappa shape index (κ1) is 41.0. The van der Waals surface area contributed by atoms with Crippen molar-refractivity contribution < 1.29 is 9.47 Å². The molecule has 74 heavy (non-hydrogen) atoms. The van der Waals surface area contributed by atoms with Crippen molar-refractivity contribution in [2.75, 3.05) is 9.80 Å². The Morgan fingerprint density at radius 2 is 1.11 bits per heavy atom. The van der Waals surface area contributed by atoms with E-state index in [2.05, 4.69) is 177 Å². The van der Waals surface area contributed by atoms with Crippen LogP contribution in [0, 0.1) is 0 Å². The summed E-state index contributed by atoms with van der Waals surface area (Å²) in [6, 6.07) is 68.1. The summed E-state index contributed by atoms with van der Waals surface area (Å²) in [5, 5.41) is 1.05. The van der Waals surface area contributed by atoms with Crippen LogP contribution in [-0.2, 0) is 0 Å². The van der Waals surface area contributed by atoms with Crippen LogP contribution < -0.4 is 19.3 Å². The first-order valence-electron chi connectivity index (χ1n) is 25.1. The fourth-order valence-electron chi connectivity index (χ4n) is 12.3. The smallest absolute Gasteiger partial charge is 0.161 e. The van der Waals surface area contributed by atoms with E-state index in [1.54, 1.807) is 0 Å². The fraction of sp³-hybridized carbons (Fsp3) is 0.0625. The number of aromatic nitrogens is 3. The molecule has 5 aliphatic heterocycles. The highest BCUT2D eigenvalue weighted by atomic mass is 16.5. The second-order valence-corrected chi connectivity index (χ2v) is 19.3. The SMILES string of the molecule is C1=CC2=C3N=CC=NC3N3C2C(=C1)c1cccc2c4nc(-c5ccccc5)cnc4n(c12)C3C(c1ccc(N2c3ccccc3Oc3ccccc32)cc1)c1ccc(N2c3ccccc3Oc3ccccc32)cc1. The Morgan fingerprint density at radius 3 is 1.70 bits per heavy atom. The molecule has 3 unspecified atom stereocenters. The third-order valence-electron chi connectivity index (χ3n) is 15.4. The zero-order valence-electron chi connectivity index (χ0n) is 39.6. The molecule has 0 fully saturated rings. The number of para-hydroxylation sites is 9. The van der Waals surface area contributed by atoms with Crippen LogP contribution in [0.5, 0.6) is 23.0 Å². The van der Waals surface area contributed by atoms with Crippen molar-refractivity contribution in [3.63, 3.8) is 0 Å². The lowest BCUT2D eigenvalue weighted by Gasteiger charge is -2.42. The minimum absolute atomic E-state index is 0.154. The number of ether oxygens (including phenoxy) is 2. The topological polar surface area (TPSA) is 83.6 Å². The van der Waals surface area contributed by atoms with E-state index >= 15 is 0 Å². The molecule has 0 spiro atoms. The Balaban J connectivity index is 0.944. The molecule has 0 saturated carbocycles. The lowest BCUT2D eigenvalue weighted by molar-refractivity contribution is 0.104. The van der Waals surface area contributed by atoms with Crippen LogP contribution >= 0.6 is 0 Å². The summed E-state index contributed by atoms with van der Waals surface area (Å²) in [5.41, 5.74) is 17.3. The van der Waals surface area contributed by atoms with Gasteiger partial charge in [0.05, 0.1) is 51.9 Å². The minimum atomic E-state index is -0.398. The van der Waals surface area contributed by atoms with Gasteiger partial charge in [0.1, 0.15) is 17.8 Å². The van der Waals surface area contributed by atoms with Crippen molar-refractivity contribution in [2.45, 2.75) is 24.3 Å². The zero-order valence-corrected chi connectivity index (χ0v) is 39.6. The van der Waals surface area contributed by atoms with E-state index in [1.807, 2.05) is 73.2 Å². The molecule has 6 aliphatic rings. The molecule has 0 bridgehead atoms. The van der Waals surface area contributed by atoms with Crippen molar-refractivity contribution in [2.24, 2.45) is 9.98 Å². The highest BCUT2D eigenvalue weighted by Crippen LogP contribution is 2.57. The van der Waals surface area contributed by atoms with Crippen molar-refractivity contribution in [3.05, 3.63) is 247 Å². The van der Waals surface area contributed by atoms with Gasteiger partial charge < -0.3 is 23.8 Å². The van der Waals surface area contributed by atoms with Gasteiger partial charge in [-0.15, -0.1) is 0 Å². The second-order valence-electron chi connectivity index (χ2n) is 19.3. The van der Waals surface area contributed by atoms with Gasteiger partial charge >= 0.3 is 0 Å². The summed E-state index contributed by atoms with van der Waals surface area (Å²) >= 11 is 0. The molecule has 16 rings (SSSR count). The molecule has 0 N–H and O–H groups in total. The van der Waals surface area contributed by atoms with Gasteiger partial charge in [-0.2, -0.15) is 0 Å². The maximum absolute atomic E-state index is 6.46. The van der Waals surface area contributed by atoms with Crippen molar-refractivity contribution >= 4 is 74.2 Å². The Bertz CT molecular complexity index is 3910. The summed E-state index contributed by atoms with van der Waals surface area (Å²) < 4.78 is 15.4. The van der Waals surface area contributed by atoms with Crippen LogP contribution in [0.3, 0.4) is 0 Å². The normalized spacial score (nSPS) is 18.5. The van der Waals surface area contributed by atoms with E-state index in [-0.39, 0.29) is 18.1 Å². The molecule has 10 nitrogen and oxygen atoms in total. The van der Waals surface area contributed by atoms with Gasteiger partial charge in [0, 0.05) is 46.2 Å². The molecule has 10 aromatic rings. The molecule has 7 heterocycles. The molecule has 0 saturated heterocycles. The predicted octanol–water partition coefficient (Wildman–Crippen LogP) is 15.1. The number of nitrogens with zero attached hydrogens (tertiary/aromatic N) is 8. The van der Waals surface area contributed by atoms with Crippen molar-refractivity contribution in [1.29, 1.82) is 0 Å². The van der Waals surface area contributed by atoms with Gasteiger partial charge in [0.25, 0.3) is 0 Å². The molecule has 8 aromatic carbocycles. The first-order valence-corrected chi connectivity index (χ1v) is 25.1. The van der Waals surface area contributed by atoms with Crippen LogP contribution in [0.15, 0.2) is 240 Å². The summed E-state index contributed by atoms with van der Waals surface area (Å²) in [6.45, 7) is 0.